The first-order valence-electron chi connectivity index (χ1n) is 7.40. The fraction of sp³-hybridized carbons (Fsp3) is 0.118. The lowest BCUT2D eigenvalue weighted by molar-refractivity contribution is 0.0954. The molecule has 2 N–H and O–H groups in total. The van der Waals surface area contributed by atoms with Crippen LogP contribution in [0.2, 0.25) is 0 Å². The fourth-order valence-corrected chi connectivity index (χ4v) is 3.03. The summed E-state index contributed by atoms with van der Waals surface area (Å²) in [5, 5.41) is 5.48. The molecule has 0 fully saturated rings. The number of amides is 1. The number of hydrogen-bond donors (Lipinski definition) is 2. The Morgan fingerprint density at radius 2 is 2.04 bits per heavy atom. The van der Waals surface area contributed by atoms with Crippen molar-refractivity contribution in [2.75, 3.05) is 12.4 Å². The maximum absolute atomic E-state index is 13.6. The van der Waals surface area contributed by atoms with Crippen molar-refractivity contribution in [3.05, 3.63) is 64.7 Å². The summed E-state index contributed by atoms with van der Waals surface area (Å²) in [5.74, 6) is -1.18. The van der Waals surface area contributed by atoms with E-state index in [1.54, 1.807) is 31.4 Å². The molecule has 25 heavy (non-hydrogen) atoms. The minimum Gasteiger partial charge on any atom is -0.357 e. The summed E-state index contributed by atoms with van der Waals surface area (Å²) >= 11 is 1.27. The summed E-state index contributed by atoms with van der Waals surface area (Å²) in [6.45, 7) is -0.0183. The Morgan fingerprint density at radius 3 is 2.80 bits per heavy atom. The number of halogens is 2. The van der Waals surface area contributed by atoms with Gasteiger partial charge in [0.2, 0.25) is 5.95 Å². The first-order chi connectivity index (χ1) is 12.1. The minimum atomic E-state index is -0.687. The number of carbonyl (C=O) groups excluding carboxylic acids is 1. The SMILES string of the molecule is CNc1nccc(-c2ccc(C(=O)NCc3ccc(F)cc3F)s2)n1. The maximum Gasteiger partial charge on any atom is 0.261 e. The zero-order valence-corrected chi connectivity index (χ0v) is 14.0. The van der Waals surface area contributed by atoms with E-state index in [0.717, 1.165) is 17.0 Å². The van der Waals surface area contributed by atoms with E-state index in [-0.39, 0.29) is 18.0 Å². The summed E-state index contributed by atoms with van der Waals surface area (Å²) in [6.07, 6.45) is 1.63. The summed E-state index contributed by atoms with van der Waals surface area (Å²) < 4.78 is 26.5. The largest absolute Gasteiger partial charge is 0.357 e. The minimum absolute atomic E-state index is 0.0183. The van der Waals surface area contributed by atoms with E-state index < -0.39 is 11.6 Å². The van der Waals surface area contributed by atoms with Crippen molar-refractivity contribution in [1.29, 1.82) is 0 Å². The number of nitrogens with one attached hydrogen (secondary N) is 2. The average molecular weight is 360 g/mol. The second kappa shape index (κ2) is 7.35. The van der Waals surface area contributed by atoms with Crippen molar-refractivity contribution >= 4 is 23.2 Å². The van der Waals surface area contributed by atoms with Crippen molar-refractivity contribution in [3.63, 3.8) is 0 Å². The number of aromatic nitrogens is 2. The van der Waals surface area contributed by atoms with Gasteiger partial charge in [-0.05, 0) is 24.3 Å². The van der Waals surface area contributed by atoms with E-state index in [1.165, 1.54) is 17.4 Å². The van der Waals surface area contributed by atoms with Crippen molar-refractivity contribution in [3.8, 4) is 10.6 Å². The van der Waals surface area contributed by atoms with Crippen LogP contribution in [0.15, 0.2) is 42.6 Å². The number of anilines is 1. The second-order valence-electron chi connectivity index (χ2n) is 5.10. The Hall–Kier alpha value is -2.87. The quantitative estimate of drug-likeness (QED) is 0.731. The molecular formula is C17H14F2N4OS. The molecule has 8 heteroatoms. The van der Waals surface area contributed by atoms with Gasteiger partial charge < -0.3 is 10.6 Å². The van der Waals surface area contributed by atoms with Crippen LogP contribution in [0.1, 0.15) is 15.2 Å². The number of benzene rings is 1. The van der Waals surface area contributed by atoms with Gasteiger partial charge in [-0.1, -0.05) is 6.07 Å². The van der Waals surface area contributed by atoms with Crippen LogP contribution in [-0.4, -0.2) is 22.9 Å². The molecule has 0 aliphatic rings. The normalized spacial score (nSPS) is 10.5. The van der Waals surface area contributed by atoms with Crippen molar-refractivity contribution in [2.45, 2.75) is 6.54 Å². The van der Waals surface area contributed by atoms with Crippen molar-refractivity contribution in [1.82, 2.24) is 15.3 Å². The maximum atomic E-state index is 13.6. The van der Waals surface area contributed by atoms with E-state index in [4.69, 9.17) is 0 Å². The van der Waals surface area contributed by atoms with E-state index in [2.05, 4.69) is 20.6 Å². The monoisotopic (exact) mass is 360 g/mol. The lowest BCUT2D eigenvalue weighted by Gasteiger charge is -2.05. The molecule has 5 nitrogen and oxygen atoms in total. The standard InChI is InChI=1S/C17H14F2N4OS/c1-20-17-21-7-6-13(23-17)14-4-5-15(25-14)16(24)22-9-10-2-3-11(18)8-12(10)19/h2-8H,9H2,1H3,(H,22,24)(H,20,21,23). The highest BCUT2D eigenvalue weighted by Gasteiger charge is 2.12. The average Bonchev–Trinajstić information content (AvgIpc) is 3.11. The molecule has 1 aromatic carbocycles. The van der Waals surface area contributed by atoms with Crippen LogP contribution >= 0.6 is 11.3 Å². The first-order valence-corrected chi connectivity index (χ1v) is 8.21. The smallest absolute Gasteiger partial charge is 0.261 e. The highest BCUT2D eigenvalue weighted by molar-refractivity contribution is 7.17. The molecule has 3 aromatic rings. The van der Waals surface area contributed by atoms with Gasteiger partial charge in [0.05, 0.1) is 15.4 Å². The number of hydrogen-bond acceptors (Lipinski definition) is 5. The van der Waals surface area contributed by atoms with Gasteiger partial charge in [0.15, 0.2) is 0 Å². The Kier molecular flexibility index (Phi) is 4.99. The fourth-order valence-electron chi connectivity index (χ4n) is 2.14. The Bertz CT molecular complexity index is 913. The Morgan fingerprint density at radius 1 is 1.20 bits per heavy atom. The zero-order chi connectivity index (χ0) is 17.8. The summed E-state index contributed by atoms with van der Waals surface area (Å²) in [5.41, 5.74) is 0.925. The summed E-state index contributed by atoms with van der Waals surface area (Å²) in [4.78, 5) is 21.9. The molecule has 0 atom stereocenters. The third-order valence-corrected chi connectivity index (χ3v) is 4.52. The molecule has 1 amide bonds. The van der Waals surface area contributed by atoms with Gasteiger partial charge in [-0.15, -0.1) is 11.3 Å². The summed E-state index contributed by atoms with van der Waals surface area (Å²) in [6, 6.07) is 8.48. The lowest BCUT2D eigenvalue weighted by Crippen LogP contribution is -2.22. The molecule has 0 aliphatic carbocycles. The van der Waals surface area contributed by atoms with E-state index in [9.17, 15) is 13.6 Å². The number of carbonyl (C=O) groups is 1. The molecule has 0 radical (unpaired) electrons. The predicted octanol–water partition coefficient (Wildman–Crippen LogP) is 3.46. The van der Waals surface area contributed by atoms with Gasteiger partial charge in [0.25, 0.3) is 5.91 Å². The van der Waals surface area contributed by atoms with Crippen LogP contribution in [0.5, 0.6) is 0 Å². The third-order valence-electron chi connectivity index (χ3n) is 3.42. The number of nitrogens with zero attached hydrogens (tertiary/aromatic N) is 2. The Labute approximate surface area is 146 Å². The summed E-state index contributed by atoms with van der Waals surface area (Å²) in [7, 11) is 1.72. The predicted molar refractivity (Wildman–Crippen MR) is 92.4 cm³/mol. The third kappa shape index (κ3) is 3.97. The molecule has 0 saturated heterocycles. The molecule has 3 rings (SSSR count). The molecule has 0 bridgehead atoms. The van der Waals surface area contributed by atoms with Gasteiger partial charge in [-0.25, -0.2) is 18.7 Å². The van der Waals surface area contributed by atoms with Gasteiger partial charge >= 0.3 is 0 Å². The first kappa shape index (κ1) is 17.0. The van der Waals surface area contributed by atoms with Gasteiger partial charge in [-0.3, -0.25) is 4.79 Å². The van der Waals surface area contributed by atoms with Crippen LogP contribution < -0.4 is 10.6 Å². The second-order valence-corrected chi connectivity index (χ2v) is 6.18. The molecule has 2 heterocycles. The van der Waals surface area contributed by atoms with Crippen LogP contribution in [0.25, 0.3) is 10.6 Å². The van der Waals surface area contributed by atoms with Gasteiger partial charge in [0.1, 0.15) is 11.6 Å². The van der Waals surface area contributed by atoms with Gasteiger partial charge in [-0.2, -0.15) is 0 Å². The van der Waals surface area contributed by atoms with Crippen LogP contribution in [-0.2, 0) is 6.54 Å². The van der Waals surface area contributed by atoms with Crippen LogP contribution in [0.4, 0.5) is 14.7 Å². The van der Waals surface area contributed by atoms with E-state index >= 15 is 0 Å². The molecule has 128 valence electrons. The number of thiophene rings is 1. The van der Waals surface area contributed by atoms with Crippen LogP contribution in [0.3, 0.4) is 0 Å². The van der Waals surface area contributed by atoms with Crippen molar-refractivity contribution < 1.29 is 13.6 Å². The molecule has 0 unspecified atom stereocenters. The van der Waals surface area contributed by atoms with Gasteiger partial charge in [0, 0.05) is 31.4 Å². The molecule has 0 spiro atoms. The molecule has 2 aromatic heterocycles. The zero-order valence-electron chi connectivity index (χ0n) is 13.2. The molecule has 0 aliphatic heterocycles. The van der Waals surface area contributed by atoms with E-state index in [1.807, 2.05) is 0 Å². The Balaban J connectivity index is 1.70. The number of rotatable bonds is 5. The molecular weight excluding hydrogens is 346 g/mol. The topological polar surface area (TPSA) is 66.9 Å². The van der Waals surface area contributed by atoms with Crippen LogP contribution in [0, 0.1) is 11.6 Å². The van der Waals surface area contributed by atoms with E-state index in [0.29, 0.717) is 16.5 Å². The molecule has 0 saturated carbocycles. The lowest BCUT2D eigenvalue weighted by atomic mass is 10.2. The van der Waals surface area contributed by atoms with Crippen molar-refractivity contribution in [2.24, 2.45) is 0 Å². The highest BCUT2D eigenvalue weighted by atomic mass is 32.1. The highest BCUT2D eigenvalue weighted by Crippen LogP contribution is 2.27.